The van der Waals surface area contributed by atoms with Crippen molar-refractivity contribution in [2.45, 2.75) is 13.0 Å². The molecule has 0 bridgehead atoms. The molecule has 0 aliphatic heterocycles. The van der Waals surface area contributed by atoms with Crippen molar-refractivity contribution in [2.24, 2.45) is 27.2 Å². The standard InChI is InChI=1S/C7H12N6S/c1-4(5-2-14-3-11-5)12-7(10)13-6(8)9/h2-4H,1H3,(H6,8,9,10,12,13). The summed E-state index contributed by atoms with van der Waals surface area (Å²) in [6.45, 7) is 1.87. The number of hydrogen-bond donors (Lipinski definition) is 3. The van der Waals surface area contributed by atoms with Crippen LogP contribution in [0.5, 0.6) is 0 Å². The van der Waals surface area contributed by atoms with Crippen LogP contribution >= 0.6 is 11.3 Å². The van der Waals surface area contributed by atoms with Crippen LogP contribution in [0.2, 0.25) is 0 Å². The summed E-state index contributed by atoms with van der Waals surface area (Å²) in [6, 6.07) is -0.135. The number of thiazole rings is 1. The van der Waals surface area contributed by atoms with Crippen LogP contribution in [0.4, 0.5) is 0 Å². The molecule has 0 spiro atoms. The van der Waals surface area contributed by atoms with Crippen LogP contribution in [0.15, 0.2) is 20.9 Å². The second kappa shape index (κ2) is 4.56. The van der Waals surface area contributed by atoms with Crippen LogP contribution in [0.25, 0.3) is 0 Å². The number of nitrogens with two attached hydrogens (primary N) is 3. The zero-order chi connectivity index (χ0) is 10.6. The second-order valence-electron chi connectivity index (χ2n) is 2.61. The number of guanidine groups is 2. The molecule has 1 atom stereocenters. The van der Waals surface area contributed by atoms with Gasteiger partial charge in [0.05, 0.1) is 17.2 Å². The van der Waals surface area contributed by atoms with Crippen LogP contribution in [0.3, 0.4) is 0 Å². The normalized spacial score (nSPS) is 13.6. The van der Waals surface area contributed by atoms with Gasteiger partial charge in [-0.3, -0.25) is 0 Å². The Morgan fingerprint density at radius 3 is 2.71 bits per heavy atom. The zero-order valence-corrected chi connectivity index (χ0v) is 8.53. The molecule has 0 saturated carbocycles. The molecule has 0 aromatic carbocycles. The van der Waals surface area contributed by atoms with E-state index in [-0.39, 0.29) is 18.0 Å². The van der Waals surface area contributed by atoms with Gasteiger partial charge in [-0.05, 0) is 6.92 Å². The molecule has 76 valence electrons. The van der Waals surface area contributed by atoms with Gasteiger partial charge in [0.25, 0.3) is 0 Å². The lowest BCUT2D eigenvalue weighted by Gasteiger charge is -2.02. The summed E-state index contributed by atoms with van der Waals surface area (Å²) in [6.07, 6.45) is 0. The van der Waals surface area contributed by atoms with Crippen molar-refractivity contribution in [1.82, 2.24) is 4.98 Å². The fraction of sp³-hybridized carbons (Fsp3) is 0.286. The third-order valence-corrected chi connectivity index (χ3v) is 2.05. The van der Waals surface area contributed by atoms with Gasteiger partial charge >= 0.3 is 0 Å². The monoisotopic (exact) mass is 212 g/mol. The summed E-state index contributed by atoms with van der Waals surface area (Å²) in [5.74, 6) is -0.0396. The molecule has 0 aliphatic rings. The van der Waals surface area contributed by atoms with Crippen LogP contribution in [-0.4, -0.2) is 16.9 Å². The van der Waals surface area contributed by atoms with Gasteiger partial charge in [0, 0.05) is 5.38 Å². The Labute approximate surface area is 85.6 Å². The first-order valence-electron chi connectivity index (χ1n) is 3.90. The molecule has 0 radical (unpaired) electrons. The Hall–Kier alpha value is -1.63. The number of aliphatic imine (C=N–C) groups is 2. The molecular formula is C7H12N6S. The summed E-state index contributed by atoms with van der Waals surface area (Å²) >= 11 is 1.50. The van der Waals surface area contributed by atoms with Gasteiger partial charge in [0.1, 0.15) is 0 Å². The number of aromatic nitrogens is 1. The quantitative estimate of drug-likeness (QED) is 0.464. The highest BCUT2D eigenvalue weighted by Gasteiger charge is 2.05. The minimum absolute atomic E-state index is 0.0606. The first kappa shape index (κ1) is 10.5. The van der Waals surface area contributed by atoms with E-state index in [1.165, 1.54) is 11.3 Å². The lowest BCUT2D eigenvalue weighted by Crippen LogP contribution is -2.26. The lowest BCUT2D eigenvalue weighted by molar-refractivity contribution is 0.788. The molecule has 0 saturated heterocycles. The van der Waals surface area contributed by atoms with Gasteiger partial charge < -0.3 is 17.2 Å². The third kappa shape index (κ3) is 3.02. The minimum atomic E-state index is -0.135. The highest BCUT2D eigenvalue weighted by molar-refractivity contribution is 7.07. The molecule has 1 unspecified atom stereocenters. The number of nitrogens with zero attached hydrogens (tertiary/aromatic N) is 3. The highest BCUT2D eigenvalue weighted by atomic mass is 32.1. The van der Waals surface area contributed by atoms with Gasteiger partial charge in [-0.2, -0.15) is 4.99 Å². The summed E-state index contributed by atoms with van der Waals surface area (Å²) in [4.78, 5) is 11.7. The summed E-state index contributed by atoms with van der Waals surface area (Å²) < 4.78 is 0. The predicted octanol–water partition coefficient (Wildman–Crippen LogP) is -0.208. The first-order valence-corrected chi connectivity index (χ1v) is 4.85. The van der Waals surface area contributed by atoms with E-state index in [0.717, 1.165) is 5.69 Å². The van der Waals surface area contributed by atoms with Crippen LogP contribution in [0, 0.1) is 0 Å². The van der Waals surface area contributed by atoms with Crippen molar-refractivity contribution in [1.29, 1.82) is 0 Å². The smallest absolute Gasteiger partial charge is 0.219 e. The van der Waals surface area contributed by atoms with Crippen molar-refractivity contribution in [3.63, 3.8) is 0 Å². The van der Waals surface area contributed by atoms with Gasteiger partial charge in [-0.15, -0.1) is 11.3 Å². The van der Waals surface area contributed by atoms with Gasteiger partial charge in [0.2, 0.25) is 5.96 Å². The van der Waals surface area contributed by atoms with E-state index in [4.69, 9.17) is 17.2 Å². The van der Waals surface area contributed by atoms with Crippen molar-refractivity contribution in [3.05, 3.63) is 16.6 Å². The fourth-order valence-corrected chi connectivity index (χ4v) is 1.49. The molecular weight excluding hydrogens is 200 g/mol. The maximum atomic E-state index is 5.46. The Morgan fingerprint density at radius 1 is 1.50 bits per heavy atom. The maximum absolute atomic E-state index is 5.46. The Bertz CT molecular complexity index is 337. The van der Waals surface area contributed by atoms with E-state index in [2.05, 4.69) is 15.0 Å². The molecule has 6 N–H and O–H groups in total. The molecule has 14 heavy (non-hydrogen) atoms. The van der Waals surface area contributed by atoms with Gasteiger partial charge in [-0.25, -0.2) is 9.98 Å². The minimum Gasteiger partial charge on any atom is -0.370 e. The second-order valence-corrected chi connectivity index (χ2v) is 3.33. The largest absolute Gasteiger partial charge is 0.370 e. The molecule has 7 heteroatoms. The third-order valence-electron chi connectivity index (χ3n) is 1.45. The predicted molar refractivity (Wildman–Crippen MR) is 58.0 cm³/mol. The first-order chi connectivity index (χ1) is 6.59. The molecule has 1 heterocycles. The summed E-state index contributed by atoms with van der Waals surface area (Å²) in [7, 11) is 0. The molecule has 1 aromatic heterocycles. The maximum Gasteiger partial charge on any atom is 0.219 e. The Kier molecular flexibility index (Phi) is 3.41. The summed E-state index contributed by atoms with van der Waals surface area (Å²) in [5, 5.41) is 1.90. The molecule has 1 aromatic rings. The lowest BCUT2D eigenvalue weighted by atomic mass is 10.3. The van der Waals surface area contributed by atoms with Crippen LogP contribution < -0.4 is 17.2 Å². The van der Waals surface area contributed by atoms with E-state index in [0.29, 0.717) is 0 Å². The Balaban J connectivity index is 2.73. The molecule has 1 rings (SSSR count). The topological polar surface area (TPSA) is 116 Å². The summed E-state index contributed by atoms with van der Waals surface area (Å²) in [5.41, 5.74) is 18.3. The molecule has 6 nitrogen and oxygen atoms in total. The Morgan fingerprint density at radius 2 is 2.21 bits per heavy atom. The average molecular weight is 212 g/mol. The van der Waals surface area contributed by atoms with Crippen LogP contribution in [-0.2, 0) is 0 Å². The molecule has 0 fully saturated rings. The van der Waals surface area contributed by atoms with Gasteiger partial charge in [0.15, 0.2) is 5.96 Å². The van der Waals surface area contributed by atoms with E-state index in [1.807, 2.05) is 12.3 Å². The van der Waals surface area contributed by atoms with Crippen molar-refractivity contribution >= 4 is 23.3 Å². The van der Waals surface area contributed by atoms with E-state index in [9.17, 15) is 0 Å². The SMILES string of the molecule is CC(N=C(N)N=C(N)N)c1cscn1. The number of rotatable bonds is 2. The number of hydrogen-bond acceptors (Lipinski definition) is 3. The van der Waals surface area contributed by atoms with Crippen molar-refractivity contribution in [3.8, 4) is 0 Å². The van der Waals surface area contributed by atoms with Crippen molar-refractivity contribution in [2.75, 3.05) is 0 Å². The van der Waals surface area contributed by atoms with E-state index in [1.54, 1.807) is 5.51 Å². The molecule has 0 aliphatic carbocycles. The van der Waals surface area contributed by atoms with Crippen molar-refractivity contribution < 1.29 is 0 Å². The fourth-order valence-electron chi connectivity index (χ4n) is 0.854. The van der Waals surface area contributed by atoms with Gasteiger partial charge in [-0.1, -0.05) is 0 Å². The average Bonchev–Trinajstić information content (AvgIpc) is 2.53. The zero-order valence-electron chi connectivity index (χ0n) is 7.71. The highest BCUT2D eigenvalue weighted by Crippen LogP contribution is 2.15. The van der Waals surface area contributed by atoms with E-state index >= 15 is 0 Å². The van der Waals surface area contributed by atoms with E-state index < -0.39 is 0 Å². The van der Waals surface area contributed by atoms with Crippen LogP contribution in [0.1, 0.15) is 18.7 Å². The molecule has 0 amide bonds.